The molecule has 0 saturated carbocycles. The molecule has 0 unspecified atom stereocenters. The van der Waals surface area contributed by atoms with Gasteiger partial charge >= 0.3 is 12.1 Å². The maximum absolute atomic E-state index is 12.9. The molecule has 0 amide bonds. The highest BCUT2D eigenvalue weighted by Crippen LogP contribution is 2.33. The van der Waals surface area contributed by atoms with E-state index in [1.165, 1.54) is 6.07 Å². The minimum Gasteiger partial charge on any atom is -0.478 e. The van der Waals surface area contributed by atoms with Crippen molar-refractivity contribution in [3.05, 3.63) is 65.7 Å². The largest absolute Gasteiger partial charge is 0.478 e. The molecule has 2 rings (SSSR count). The summed E-state index contributed by atoms with van der Waals surface area (Å²) in [4.78, 5) is 10.5. The van der Waals surface area contributed by atoms with Gasteiger partial charge in [0.2, 0.25) is 0 Å². The Morgan fingerprint density at radius 3 is 2.24 bits per heavy atom. The van der Waals surface area contributed by atoms with Crippen molar-refractivity contribution in [2.75, 3.05) is 0 Å². The van der Waals surface area contributed by atoms with Crippen LogP contribution in [0.4, 0.5) is 13.2 Å². The maximum atomic E-state index is 12.9. The average molecular weight is 292 g/mol. The van der Waals surface area contributed by atoms with Crippen LogP contribution in [0.2, 0.25) is 0 Å². The molecular weight excluding hydrogens is 281 g/mol. The number of hydrogen-bond donors (Lipinski definition) is 1. The van der Waals surface area contributed by atoms with Crippen molar-refractivity contribution >= 4 is 12.0 Å². The van der Waals surface area contributed by atoms with Crippen LogP contribution in [-0.4, -0.2) is 11.1 Å². The lowest BCUT2D eigenvalue weighted by molar-refractivity contribution is -0.137. The van der Waals surface area contributed by atoms with Gasteiger partial charge in [0, 0.05) is 6.08 Å². The summed E-state index contributed by atoms with van der Waals surface area (Å²) in [5.74, 6) is -1.21. The molecule has 0 spiro atoms. The molecule has 21 heavy (non-hydrogen) atoms. The van der Waals surface area contributed by atoms with E-state index >= 15 is 0 Å². The fraction of sp³-hybridized carbons (Fsp3) is 0.0625. The molecule has 0 saturated heterocycles. The van der Waals surface area contributed by atoms with Gasteiger partial charge in [0.25, 0.3) is 0 Å². The minimum absolute atomic E-state index is 0.186. The standard InChI is InChI=1S/C16H11F3O2/c17-16(18,19)14-9-11(6-7-15(20)21)8-13(10-14)12-4-2-1-3-5-12/h1-10H,(H,20,21). The second-order valence-electron chi connectivity index (χ2n) is 4.38. The summed E-state index contributed by atoms with van der Waals surface area (Å²) < 4.78 is 38.8. The highest BCUT2D eigenvalue weighted by molar-refractivity contribution is 5.85. The SMILES string of the molecule is O=C(O)C=Cc1cc(-c2ccccc2)cc(C(F)(F)F)c1. The van der Waals surface area contributed by atoms with Crippen LogP contribution in [0.5, 0.6) is 0 Å². The van der Waals surface area contributed by atoms with E-state index in [-0.39, 0.29) is 5.56 Å². The van der Waals surface area contributed by atoms with Gasteiger partial charge < -0.3 is 5.11 Å². The lowest BCUT2D eigenvalue weighted by Crippen LogP contribution is -2.05. The highest BCUT2D eigenvalue weighted by Gasteiger charge is 2.31. The molecule has 5 heteroatoms. The number of carboxylic acid groups (broad SMARTS) is 1. The Bertz CT molecular complexity index is 674. The molecule has 2 aromatic rings. The van der Waals surface area contributed by atoms with Crippen LogP contribution in [0.25, 0.3) is 17.2 Å². The summed E-state index contributed by atoms with van der Waals surface area (Å²) in [5.41, 5.74) is 0.393. The lowest BCUT2D eigenvalue weighted by Gasteiger charge is -2.11. The van der Waals surface area contributed by atoms with Gasteiger partial charge in [0.15, 0.2) is 0 Å². The summed E-state index contributed by atoms with van der Waals surface area (Å²) in [7, 11) is 0. The molecular formula is C16H11F3O2. The smallest absolute Gasteiger partial charge is 0.416 e. The molecule has 2 aromatic carbocycles. The Kier molecular flexibility index (Phi) is 4.12. The van der Waals surface area contributed by atoms with Gasteiger partial charge in [-0.1, -0.05) is 30.3 Å². The van der Waals surface area contributed by atoms with E-state index in [9.17, 15) is 18.0 Å². The number of alkyl halides is 3. The molecule has 0 radical (unpaired) electrons. The van der Waals surface area contributed by atoms with Crippen molar-refractivity contribution in [1.82, 2.24) is 0 Å². The third-order valence-corrected chi connectivity index (χ3v) is 2.81. The molecule has 0 aromatic heterocycles. The average Bonchev–Trinajstić information content (AvgIpc) is 2.45. The van der Waals surface area contributed by atoms with Crippen LogP contribution in [0.3, 0.4) is 0 Å². The van der Waals surface area contributed by atoms with Gasteiger partial charge in [0.05, 0.1) is 5.56 Å². The van der Waals surface area contributed by atoms with Gasteiger partial charge in [-0.2, -0.15) is 13.2 Å². The van der Waals surface area contributed by atoms with Gasteiger partial charge in [-0.05, 0) is 41.0 Å². The first-order valence-corrected chi connectivity index (χ1v) is 6.05. The third-order valence-electron chi connectivity index (χ3n) is 2.81. The van der Waals surface area contributed by atoms with Gasteiger partial charge in [-0.15, -0.1) is 0 Å². The molecule has 2 nitrogen and oxygen atoms in total. The van der Waals surface area contributed by atoms with Crippen molar-refractivity contribution in [2.24, 2.45) is 0 Å². The van der Waals surface area contributed by atoms with E-state index in [0.717, 1.165) is 24.3 Å². The van der Waals surface area contributed by atoms with E-state index in [0.29, 0.717) is 11.1 Å². The van der Waals surface area contributed by atoms with E-state index in [1.54, 1.807) is 30.3 Å². The van der Waals surface area contributed by atoms with Crippen molar-refractivity contribution in [1.29, 1.82) is 0 Å². The summed E-state index contributed by atoms with van der Waals surface area (Å²) >= 11 is 0. The number of carbonyl (C=O) groups is 1. The van der Waals surface area contributed by atoms with Crippen LogP contribution in [0.15, 0.2) is 54.6 Å². The Balaban J connectivity index is 2.55. The Morgan fingerprint density at radius 2 is 1.67 bits per heavy atom. The molecule has 0 aliphatic heterocycles. The molecule has 0 fully saturated rings. The normalized spacial score (nSPS) is 11.8. The zero-order valence-corrected chi connectivity index (χ0v) is 10.8. The van der Waals surface area contributed by atoms with Crippen LogP contribution in [0.1, 0.15) is 11.1 Å². The molecule has 0 aliphatic carbocycles. The van der Waals surface area contributed by atoms with Crippen molar-refractivity contribution in [3.8, 4) is 11.1 Å². The van der Waals surface area contributed by atoms with Crippen LogP contribution in [0, 0.1) is 0 Å². The molecule has 0 bridgehead atoms. The zero-order chi connectivity index (χ0) is 15.5. The Hall–Kier alpha value is -2.56. The van der Waals surface area contributed by atoms with Crippen molar-refractivity contribution in [3.63, 3.8) is 0 Å². The number of halogens is 3. The minimum atomic E-state index is -4.49. The summed E-state index contributed by atoms with van der Waals surface area (Å²) in [6.45, 7) is 0. The fourth-order valence-corrected chi connectivity index (χ4v) is 1.88. The number of aliphatic carboxylic acids is 1. The summed E-state index contributed by atoms with van der Waals surface area (Å²) in [5, 5.41) is 8.58. The third kappa shape index (κ3) is 3.95. The second kappa shape index (κ2) is 5.83. The molecule has 0 aliphatic rings. The summed E-state index contributed by atoms with van der Waals surface area (Å²) in [6.07, 6.45) is -2.54. The number of benzene rings is 2. The number of carboxylic acids is 1. The van der Waals surface area contributed by atoms with Crippen molar-refractivity contribution < 1.29 is 23.1 Å². The maximum Gasteiger partial charge on any atom is 0.416 e. The summed E-state index contributed by atoms with van der Waals surface area (Å²) in [6, 6.07) is 12.1. The molecule has 0 heterocycles. The monoisotopic (exact) mass is 292 g/mol. The van der Waals surface area contributed by atoms with Gasteiger partial charge in [-0.3, -0.25) is 0 Å². The van der Waals surface area contributed by atoms with E-state index in [1.807, 2.05) is 0 Å². The topological polar surface area (TPSA) is 37.3 Å². The van der Waals surface area contributed by atoms with Crippen LogP contribution in [-0.2, 0) is 11.0 Å². The number of hydrogen-bond acceptors (Lipinski definition) is 1. The predicted molar refractivity (Wildman–Crippen MR) is 73.5 cm³/mol. The molecule has 1 N–H and O–H groups in total. The second-order valence-corrected chi connectivity index (χ2v) is 4.38. The van der Waals surface area contributed by atoms with Crippen LogP contribution >= 0.6 is 0 Å². The first-order chi connectivity index (χ1) is 9.86. The first-order valence-electron chi connectivity index (χ1n) is 6.05. The quantitative estimate of drug-likeness (QED) is 0.847. The zero-order valence-electron chi connectivity index (χ0n) is 10.8. The fourth-order valence-electron chi connectivity index (χ4n) is 1.88. The van der Waals surface area contributed by atoms with Crippen molar-refractivity contribution in [2.45, 2.75) is 6.18 Å². The van der Waals surface area contributed by atoms with Gasteiger partial charge in [-0.25, -0.2) is 4.79 Å². The lowest BCUT2D eigenvalue weighted by atomic mass is 9.99. The van der Waals surface area contributed by atoms with E-state index < -0.39 is 17.7 Å². The van der Waals surface area contributed by atoms with Crippen LogP contribution < -0.4 is 0 Å². The predicted octanol–water partition coefficient (Wildman–Crippen LogP) is 4.47. The van der Waals surface area contributed by atoms with Gasteiger partial charge in [0.1, 0.15) is 0 Å². The van der Waals surface area contributed by atoms with E-state index in [4.69, 9.17) is 5.11 Å². The Labute approximate surface area is 119 Å². The first kappa shape index (κ1) is 14.8. The highest BCUT2D eigenvalue weighted by atomic mass is 19.4. The molecule has 0 atom stereocenters. The Morgan fingerprint density at radius 1 is 1.00 bits per heavy atom. The number of rotatable bonds is 3. The van der Waals surface area contributed by atoms with E-state index in [2.05, 4.69) is 0 Å². The molecule has 108 valence electrons.